The Morgan fingerprint density at radius 2 is 1.67 bits per heavy atom. The van der Waals surface area contributed by atoms with E-state index in [0.717, 1.165) is 0 Å². The number of anilines is 1. The van der Waals surface area contributed by atoms with Crippen molar-refractivity contribution < 1.29 is 47.3 Å². The van der Waals surface area contributed by atoms with E-state index in [9.17, 15) is 32.3 Å². The first-order valence-electron chi connectivity index (χ1n) is 11.0. The van der Waals surface area contributed by atoms with Crippen LogP contribution in [-0.2, 0) is 17.1 Å². The number of hydrogen-bond donors (Lipinski definition) is 5. The van der Waals surface area contributed by atoms with Crippen LogP contribution >= 0.6 is 0 Å². The molecule has 0 aliphatic carbocycles. The number of alkyl halides is 3. The molecule has 1 aromatic heterocycles. The number of aliphatic hydroxyl groups is 1. The number of fused-ring (bicyclic) bond motifs is 2. The lowest BCUT2D eigenvalue weighted by atomic mass is 9.93. The molecule has 1 atom stereocenters. The predicted octanol–water partition coefficient (Wildman–Crippen LogP) is 4.27. The number of amides is 2. The number of aliphatic carboxylic acids is 1. The van der Waals surface area contributed by atoms with E-state index in [1.807, 2.05) is 0 Å². The number of hydrogen-bond acceptors (Lipinski definition) is 5. The Bertz CT molecular complexity index is 1570. The molecular weight excluding hydrogens is 528 g/mol. The summed E-state index contributed by atoms with van der Waals surface area (Å²) >= 11 is 0. The zero-order valence-corrected chi connectivity index (χ0v) is 19.5. The minimum atomic E-state index is -5.08. The van der Waals surface area contributed by atoms with Gasteiger partial charge in [-0.2, -0.15) is 13.2 Å². The Kier molecular flexibility index (Phi) is 6.98. The number of imidazole rings is 1. The fourth-order valence-electron chi connectivity index (χ4n) is 4.07. The lowest BCUT2D eigenvalue weighted by Gasteiger charge is -2.35. The molecule has 0 fully saturated rings. The van der Waals surface area contributed by atoms with Gasteiger partial charge in [0.2, 0.25) is 5.95 Å². The van der Waals surface area contributed by atoms with Crippen LogP contribution in [0.3, 0.4) is 0 Å². The molecule has 0 saturated heterocycles. The average Bonchev–Trinajstić information content (AvgIpc) is 3.36. The maximum atomic E-state index is 13.4. The van der Waals surface area contributed by atoms with E-state index in [1.165, 1.54) is 17.0 Å². The largest absolute Gasteiger partial charge is 0.490 e. The van der Waals surface area contributed by atoms with Crippen LogP contribution in [0, 0.1) is 5.82 Å². The molecule has 0 radical (unpaired) electrons. The van der Waals surface area contributed by atoms with Gasteiger partial charge < -0.3 is 20.3 Å². The minimum absolute atomic E-state index is 0.0442. The third-order valence-corrected chi connectivity index (χ3v) is 5.78. The number of rotatable bonds is 4. The number of nitrogens with one attached hydrogen (secondary N) is 2. The summed E-state index contributed by atoms with van der Waals surface area (Å²) in [5.41, 5.74) is 1.03. The summed E-state index contributed by atoms with van der Waals surface area (Å²) in [6, 6.07) is 17.4. The molecule has 2 amide bonds. The van der Waals surface area contributed by atoms with Gasteiger partial charge in [0.1, 0.15) is 5.82 Å². The van der Waals surface area contributed by atoms with Crippen LogP contribution in [0.2, 0.25) is 0 Å². The second-order valence-corrected chi connectivity index (χ2v) is 8.29. The van der Waals surface area contributed by atoms with E-state index in [-0.39, 0.29) is 18.4 Å². The Labute approximate surface area is 216 Å². The highest BCUT2D eigenvalue weighted by Crippen LogP contribution is 2.43. The van der Waals surface area contributed by atoms with Gasteiger partial charge in [0.05, 0.1) is 11.0 Å². The van der Waals surface area contributed by atoms with Gasteiger partial charge in [0, 0.05) is 23.2 Å². The highest BCUT2D eigenvalue weighted by Gasteiger charge is 2.49. The summed E-state index contributed by atoms with van der Waals surface area (Å²) in [4.78, 5) is 41.4. The summed E-state index contributed by atoms with van der Waals surface area (Å²) in [6.07, 6.45) is -6.34. The molecule has 3 aromatic carbocycles. The SMILES string of the molecule is O=C(O)C(F)(F)F.O=C(O)Nc1nc2ccc(C3(O)c4ccccc4C(=O)N3Cc3ccc(F)cc3)cc2[nH]1. The molecular formula is C25H18F4N4O6. The van der Waals surface area contributed by atoms with Gasteiger partial charge in [-0.25, -0.2) is 19.0 Å². The van der Waals surface area contributed by atoms with Gasteiger partial charge in [0.15, 0.2) is 5.72 Å². The number of benzene rings is 3. The highest BCUT2D eigenvalue weighted by atomic mass is 19.4. The summed E-state index contributed by atoms with van der Waals surface area (Å²) in [5, 5.41) is 30.2. The van der Waals surface area contributed by atoms with Crippen LogP contribution in [0.1, 0.15) is 27.0 Å². The Morgan fingerprint density at radius 3 is 2.28 bits per heavy atom. The molecule has 14 heteroatoms. The molecule has 39 heavy (non-hydrogen) atoms. The van der Waals surface area contributed by atoms with Crippen LogP contribution in [0.25, 0.3) is 11.0 Å². The zero-order chi connectivity index (χ0) is 28.5. The first kappa shape index (κ1) is 27.1. The molecule has 0 bridgehead atoms. The van der Waals surface area contributed by atoms with Crippen LogP contribution in [0.5, 0.6) is 0 Å². The lowest BCUT2D eigenvalue weighted by Crippen LogP contribution is -2.44. The van der Waals surface area contributed by atoms with Crippen molar-refractivity contribution in [1.82, 2.24) is 14.9 Å². The third kappa shape index (κ3) is 5.36. The van der Waals surface area contributed by atoms with Gasteiger partial charge in [-0.3, -0.25) is 15.0 Å². The fraction of sp³-hybridized carbons (Fsp3) is 0.120. The van der Waals surface area contributed by atoms with Gasteiger partial charge >= 0.3 is 18.2 Å². The highest BCUT2D eigenvalue weighted by molar-refractivity contribution is 6.00. The lowest BCUT2D eigenvalue weighted by molar-refractivity contribution is -0.192. The van der Waals surface area contributed by atoms with Gasteiger partial charge in [-0.15, -0.1) is 0 Å². The van der Waals surface area contributed by atoms with Crippen molar-refractivity contribution in [3.8, 4) is 0 Å². The van der Waals surface area contributed by atoms with Crippen LogP contribution in [0.4, 0.5) is 28.3 Å². The molecule has 1 aliphatic rings. The Hall–Kier alpha value is -4.98. The van der Waals surface area contributed by atoms with E-state index < -0.39 is 29.8 Å². The number of carboxylic acid groups (broad SMARTS) is 2. The number of aromatic amines is 1. The molecule has 10 nitrogen and oxygen atoms in total. The molecule has 5 rings (SSSR count). The number of carbonyl (C=O) groups excluding carboxylic acids is 1. The van der Waals surface area contributed by atoms with E-state index in [0.29, 0.717) is 33.3 Å². The van der Waals surface area contributed by atoms with Crippen molar-refractivity contribution in [3.05, 3.63) is 94.8 Å². The number of carboxylic acids is 1. The van der Waals surface area contributed by atoms with Crippen LogP contribution in [-0.4, -0.2) is 54.3 Å². The number of nitrogens with zero attached hydrogens (tertiary/aromatic N) is 2. The van der Waals surface area contributed by atoms with E-state index in [1.54, 1.807) is 54.6 Å². The fourth-order valence-corrected chi connectivity index (χ4v) is 4.07. The van der Waals surface area contributed by atoms with Crippen molar-refractivity contribution in [1.29, 1.82) is 0 Å². The second-order valence-electron chi connectivity index (χ2n) is 8.29. The maximum Gasteiger partial charge on any atom is 0.490 e. The number of halogens is 4. The summed E-state index contributed by atoms with van der Waals surface area (Å²) in [7, 11) is 0. The molecule has 5 N–H and O–H groups in total. The first-order valence-corrected chi connectivity index (χ1v) is 11.0. The topological polar surface area (TPSA) is 156 Å². The van der Waals surface area contributed by atoms with Crippen molar-refractivity contribution in [2.75, 3.05) is 5.32 Å². The standard InChI is InChI=1S/C23H17FN4O4.C2HF3O2/c24-15-8-5-13(6-9-15)12-28-20(29)16-3-1-2-4-17(16)23(28,32)14-7-10-18-19(11-14)26-21(25-18)27-22(30)31;3-2(4,5)1(6)7/h1-11,32H,12H2,(H,30,31)(H2,25,26,27);(H,6,7). The molecule has 2 heterocycles. The van der Waals surface area contributed by atoms with E-state index >= 15 is 0 Å². The number of H-pyrrole nitrogens is 1. The Morgan fingerprint density at radius 1 is 1.03 bits per heavy atom. The normalized spacial score (nSPS) is 16.4. The predicted molar refractivity (Wildman–Crippen MR) is 127 cm³/mol. The second kappa shape index (κ2) is 10.1. The zero-order valence-electron chi connectivity index (χ0n) is 19.5. The summed E-state index contributed by atoms with van der Waals surface area (Å²) in [5.74, 6) is -3.46. The summed E-state index contributed by atoms with van der Waals surface area (Å²) < 4.78 is 45.1. The Balaban J connectivity index is 0.000000448. The van der Waals surface area contributed by atoms with Gasteiger partial charge in [0.25, 0.3) is 5.91 Å². The molecule has 202 valence electrons. The number of carbonyl (C=O) groups is 3. The van der Waals surface area contributed by atoms with Crippen molar-refractivity contribution >= 4 is 35.0 Å². The van der Waals surface area contributed by atoms with Gasteiger partial charge in [-0.05, 0) is 35.9 Å². The monoisotopic (exact) mass is 546 g/mol. The van der Waals surface area contributed by atoms with E-state index in [4.69, 9.17) is 15.0 Å². The smallest absolute Gasteiger partial charge is 0.475 e. The van der Waals surface area contributed by atoms with Crippen molar-refractivity contribution in [2.45, 2.75) is 18.4 Å². The average molecular weight is 546 g/mol. The number of aromatic nitrogens is 2. The quantitative estimate of drug-likeness (QED) is 0.239. The first-order chi connectivity index (χ1) is 18.3. The summed E-state index contributed by atoms with van der Waals surface area (Å²) in [6.45, 7) is 0.0527. The van der Waals surface area contributed by atoms with Crippen LogP contribution < -0.4 is 5.32 Å². The van der Waals surface area contributed by atoms with E-state index in [2.05, 4.69) is 15.3 Å². The molecule has 0 saturated carbocycles. The molecule has 4 aromatic rings. The minimum Gasteiger partial charge on any atom is -0.475 e. The van der Waals surface area contributed by atoms with Gasteiger partial charge in [-0.1, -0.05) is 36.4 Å². The van der Waals surface area contributed by atoms with Crippen molar-refractivity contribution in [2.24, 2.45) is 0 Å². The van der Waals surface area contributed by atoms with Crippen molar-refractivity contribution in [3.63, 3.8) is 0 Å². The third-order valence-electron chi connectivity index (χ3n) is 5.78. The molecule has 1 unspecified atom stereocenters. The molecule has 1 aliphatic heterocycles. The molecule has 0 spiro atoms. The van der Waals surface area contributed by atoms with Crippen LogP contribution in [0.15, 0.2) is 66.7 Å². The maximum absolute atomic E-state index is 13.4.